The number of azo groups is 1. The van der Waals surface area contributed by atoms with E-state index < -0.39 is 0 Å². The SMILES string of the molecule is Cc1nn(-c2ccccc2)c(Cl)c1/C=C\C1=Cc2c(sc(/N=C(\N=Nc3ccccc3Cl)c3ccccc3Cl)c2C#N)C(C)(C)C1. The Bertz CT molecular complexity index is 2110. The molecule has 0 radical (unpaired) electrons. The molecule has 0 spiro atoms. The van der Waals surface area contributed by atoms with E-state index in [1.54, 1.807) is 22.9 Å². The largest absolute Gasteiger partial charge is 0.221 e. The standard InChI is InChI=1S/C36H27Cl3N6S/c1-22-25(33(39)45(44-22)24-11-5-4-6-12-24)18-17-23-19-27-28(21-40)35(46-32(27)36(2,3)20-23)41-34(26-13-7-8-14-29(26)37)43-42-31-16-10-9-15-30(31)38/h4-19H,20H2,1-3H3/b18-17-,41-34-,43-42?. The summed E-state index contributed by atoms with van der Waals surface area (Å²) in [4.78, 5) is 5.97. The van der Waals surface area contributed by atoms with Gasteiger partial charge in [0, 0.05) is 27.0 Å². The van der Waals surface area contributed by atoms with Gasteiger partial charge in [0.1, 0.15) is 21.9 Å². The smallest absolute Gasteiger partial charge is 0.184 e. The number of halogens is 3. The Kier molecular flexibility index (Phi) is 9.08. The summed E-state index contributed by atoms with van der Waals surface area (Å²) in [5.74, 6) is 0.281. The summed E-state index contributed by atoms with van der Waals surface area (Å²) < 4.78 is 1.74. The van der Waals surface area contributed by atoms with Gasteiger partial charge in [-0.3, -0.25) is 0 Å². The second-order valence-electron chi connectivity index (χ2n) is 11.4. The number of thiophene rings is 1. The quantitative estimate of drug-likeness (QED) is 0.102. The Morgan fingerprint density at radius 1 is 0.957 bits per heavy atom. The van der Waals surface area contributed by atoms with Crippen LogP contribution in [0.5, 0.6) is 0 Å². The van der Waals surface area contributed by atoms with Crippen LogP contribution in [0.25, 0.3) is 17.8 Å². The first-order valence-electron chi connectivity index (χ1n) is 14.4. The zero-order valence-corrected chi connectivity index (χ0v) is 28.3. The molecular formula is C36H27Cl3N6S. The van der Waals surface area contributed by atoms with Crippen LogP contribution in [0.1, 0.15) is 53.1 Å². The first-order chi connectivity index (χ1) is 22.2. The number of allylic oxidation sites excluding steroid dienone is 2. The number of rotatable bonds is 6. The van der Waals surface area contributed by atoms with Gasteiger partial charge >= 0.3 is 0 Å². The molecule has 5 aromatic rings. The van der Waals surface area contributed by atoms with Crippen molar-refractivity contribution in [1.29, 1.82) is 5.26 Å². The lowest BCUT2D eigenvalue weighted by Gasteiger charge is -2.29. The van der Waals surface area contributed by atoms with Gasteiger partial charge < -0.3 is 0 Å². The summed E-state index contributed by atoms with van der Waals surface area (Å²) in [5.41, 5.74) is 5.79. The normalized spacial score (nSPS) is 14.5. The number of aliphatic imine (C=N–C) groups is 1. The van der Waals surface area contributed by atoms with Crippen LogP contribution in [0.4, 0.5) is 10.7 Å². The molecular weight excluding hydrogens is 655 g/mol. The molecule has 0 unspecified atom stereocenters. The van der Waals surface area contributed by atoms with Crippen molar-refractivity contribution < 1.29 is 0 Å². The summed E-state index contributed by atoms with van der Waals surface area (Å²) >= 11 is 21.2. The number of fused-ring (bicyclic) bond motifs is 1. The van der Waals surface area contributed by atoms with Gasteiger partial charge in [-0.25, -0.2) is 9.67 Å². The lowest BCUT2D eigenvalue weighted by atomic mass is 9.77. The maximum atomic E-state index is 10.4. The van der Waals surface area contributed by atoms with Gasteiger partial charge in [0.15, 0.2) is 5.84 Å². The van der Waals surface area contributed by atoms with Crippen molar-refractivity contribution >= 4 is 74.8 Å². The number of aromatic nitrogens is 2. The van der Waals surface area contributed by atoms with Gasteiger partial charge in [0.05, 0.1) is 27.0 Å². The third-order valence-corrected chi connectivity index (χ3v) is 10.0. The van der Waals surface area contributed by atoms with Crippen molar-refractivity contribution in [2.45, 2.75) is 32.6 Å². The van der Waals surface area contributed by atoms with Crippen LogP contribution in [0.3, 0.4) is 0 Å². The molecule has 3 aromatic carbocycles. The van der Waals surface area contributed by atoms with E-state index in [0.29, 0.717) is 37.0 Å². The van der Waals surface area contributed by atoms with Crippen LogP contribution in [0, 0.1) is 18.3 Å². The Labute approximate surface area is 286 Å². The van der Waals surface area contributed by atoms with Gasteiger partial charge in [-0.1, -0.05) is 97.2 Å². The van der Waals surface area contributed by atoms with E-state index >= 15 is 0 Å². The Morgan fingerprint density at radius 2 is 1.65 bits per heavy atom. The third kappa shape index (κ3) is 6.35. The third-order valence-electron chi connectivity index (χ3n) is 7.57. The molecule has 46 heavy (non-hydrogen) atoms. The lowest BCUT2D eigenvalue weighted by molar-refractivity contribution is 0.531. The van der Waals surface area contributed by atoms with E-state index in [-0.39, 0.29) is 11.3 Å². The van der Waals surface area contributed by atoms with Crippen LogP contribution in [0.15, 0.2) is 106 Å². The highest BCUT2D eigenvalue weighted by atomic mass is 35.5. The molecule has 0 bridgehead atoms. The van der Waals surface area contributed by atoms with Crippen molar-refractivity contribution in [3.8, 4) is 11.8 Å². The molecule has 6 rings (SSSR count). The number of aryl methyl sites for hydroxylation is 1. The molecule has 2 heterocycles. The Hall–Kier alpha value is -4.32. The van der Waals surface area contributed by atoms with Gasteiger partial charge in [-0.05, 0) is 67.5 Å². The topological polar surface area (TPSA) is 78.7 Å². The number of hydrogen-bond acceptors (Lipinski definition) is 5. The monoisotopic (exact) mass is 680 g/mol. The second kappa shape index (κ2) is 13.2. The minimum Gasteiger partial charge on any atom is -0.221 e. The summed E-state index contributed by atoms with van der Waals surface area (Å²) in [6, 6.07) is 26.7. The van der Waals surface area contributed by atoms with Crippen LogP contribution >= 0.6 is 46.1 Å². The van der Waals surface area contributed by atoms with E-state index in [1.165, 1.54) is 11.3 Å². The predicted molar refractivity (Wildman–Crippen MR) is 191 cm³/mol. The van der Waals surface area contributed by atoms with Crippen LogP contribution < -0.4 is 0 Å². The number of benzene rings is 3. The van der Waals surface area contributed by atoms with Gasteiger partial charge in [-0.2, -0.15) is 10.4 Å². The van der Waals surface area contributed by atoms with Crippen LogP contribution in [-0.4, -0.2) is 15.6 Å². The summed E-state index contributed by atoms with van der Waals surface area (Å²) in [7, 11) is 0. The van der Waals surface area contributed by atoms with E-state index in [1.807, 2.05) is 73.7 Å². The number of para-hydroxylation sites is 1. The van der Waals surface area contributed by atoms with Crippen molar-refractivity contribution in [1.82, 2.24) is 9.78 Å². The minimum atomic E-state index is -0.259. The number of nitriles is 1. The molecule has 0 N–H and O–H groups in total. The predicted octanol–water partition coefficient (Wildman–Crippen LogP) is 11.7. The summed E-state index contributed by atoms with van der Waals surface area (Å²) in [6.07, 6.45) is 6.89. The fourth-order valence-electron chi connectivity index (χ4n) is 5.33. The summed E-state index contributed by atoms with van der Waals surface area (Å²) in [5, 5.41) is 25.9. The highest BCUT2D eigenvalue weighted by Gasteiger charge is 2.33. The fourth-order valence-corrected chi connectivity index (χ4v) is 7.26. The molecule has 0 saturated heterocycles. The molecule has 6 nitrogen and oxygen atoms in total. The maximum Gasteiger partial charge on any atom is 0.184 e. The van der Waals surface area contributed by atoms with Crippen LogP contribution in [-0.2, 0) is 5.41 Å². The Morgan fingerprint density at radius 3 is 2.37 bits per heavy atom. The minimum absolute atomic E-state index is 0.259. The summed E-state index contributed by atoms with van der Waals surface area (Å²) in [6.45, 7) is 6.30. The van der Waals surface area contributed by atoms with E-state index in [9.17, 15) is 5.26 Å². The van der Waals surface area contributed by atoms with Gasteiger partial charge in [0.2, 0.25) is 0 Å². The fraction of sp³-hybridized carbons (Fsp3) is 0.139. The average Bonchev–Trinajstić information content (AvgIpc) is 3.55. The van der Waals surface area contributed by atoms with Crippen molar-refractivity contribution in [3.05, 3.63) is 139 Å². The molecule has 2 aromatic heterocycles. The molecule has 0 aliphatic heterocycles. The second-order valence-corrected chi connectivity index (χ2v) is 13.5. The molecule has 1 aliphatic rings. The molecule has 0 amide bonds. The van der Waals surface area contributed by atoms with Crippen molar-refractivity contribution in [3.63, 3.8) is 0 Å². The van der Waals surface area contributed by atoms with Gasteiger partial charge in [-0.15, -0.1) is 21.6 Å². The number of amidine groups is 1. The molecule has 1 aliphatic carbocycles. The molecule has 0 saturated carbocycles. The zero-order chi connectivity index (χ0) is 32.4. The van der Waals surface area contributed by atoms with E-state index in [0.717, 1.165) is 39.4 Å². The maximum absolute atomic E-state index is 10.4. The first-order valence-corrected chi connectivity index (χ1v) is 16.4. The molecule has 228 valence electrons. The zero-order valence-electron chi connectivity index (χ0n) is 25.2. The molecule has 0 fully saturated rings. The van der Waals surface area contributed by atoms with Crippen molar-refractivity contribution in [2.75, 3.05) is 0 Å². The van der Waals surface area contributed by atoms with E-state index in [4.69, 9.17) is 39.8 Å². The lowest BCUT2D eigenvalue weighted by Crippen LogP contribution is -2.20. The molecule has 10 heteroatoms. The van der Waals surface area contributed by atoms with Crippen LogP contribution in [0.2, 0.25) is 15.2 Å². The number of nitrogens with zero attached hydrogens (tertiary/aromatic N) is 6. The Balaban J connectivity index is 1.41. The van der Waals surface area contributed by atoms with Gasteiger partial charge in [0.25, 0.3) is 0 Å². The number of hydrogen-bond donors (Lipinski definition) is 0. The first kappa shape index (κ1) is 31.7. The van der Waals surface area contributed by atoms with E-state index in [2.05, 4.69) is 47.4 Å². The highest BCUT2D eigenvalue weighted by Crippen LogP contribution is 2.49. The molecule has 0 atom stereocenters. The van der Waals surface area contributed by atoms with Crippen molar-refractivity contribution in [2.24, 2.45) is 15.2 Å². The average molecular weight is 682 g/mol. The highest BCUT2D eigenvalue weighted by molar-refractivity contribution is 7.16.